The van der Waals surface area contributed by atoms with Crippen LogP contribution in [-0.4, -0.2) is 97.4 Å². The van der Waals surface area contributed by atoms with Gasteiger partial charge >= 0.3 is 14.1 Å². The van der Waals surface area contributed by atoms with Gasteiger partial charge in [-0.05, 0) is 6.42 Å². The minimum absolute atomic E-state index is 0.0832. The lowest BCUT2D eigenvalue weighted by Crippen LogP contribution is -2.69. The Morgan fingerprint density at radius 2 is 0.547 bits per heavy atom. The summed E-state index contributed by atoms with van der Waals surface area (Å²) in [5, 5.41) is -7.48. The van der Waals surface area contributed by atoms with Crippen molar-refractivity contribution in [1.29, 1.82) is 0 Å². The number of carbonyl (C=O) groups excluding carboxylic acids is 3. The molecule has 0 spiro atoms. The van der Waals surface area contributed by atoms with E-state index in [4.69, 9.17) is 316 Å². The van der Waals surface area contributed by atoms with E-state index in [1.807, 2.05) is 0 Å². The van der Waals surface area contributed by atoms with E-state index in [-0.39, 0.29) is 6.42 Å². The van der Waals surface area contributed by atoms with Crippen molar-refractivity contribution in [2.24, 2.45) is 0 Å². The summed E-state index contributed by atoms with van der Waals surface area (Å²) in [4.78, 5) is 35.8. The molecule has 0 aliphatic heterocycles. The van der Waals surface area contributed by atoms with Gasteiger partial charge in [0.15, 0.2) is 34.7 Å². The summed E-state index contributed by atoms with van der Waals surface area (Å²) < 4.78 is -24.3. The Hall–Kier alpha value is 6.48. The number of hydrogen-bond donors (Lipinski definition) is 0. The molecule has 0 bridgehead atoms. The monoisotopic (exact) mass is 1280 g/mol. The number of halogens is 26. The fraction of sp³-hybridized carbons (Fsp3) is 0.850. The lowest BCUT2D eigenvalue weighted by atomic mass is 10.1. The van der Waals surface area contributed by atoms with E-state index in [1.54, 1.807) is 0 Å². The van der Waals surface area contributed by atoms with Gasteiger partial charge in [0, 0.05) is 0 Å². The van der Waals surface area contributed by atoms with Crippen LogP contribution >= 0.6 is 302 Å². The fourth-order valence-electron chi connectivity index (χ4n) is 4.01. The minimum atomic E-state index is -5.17. The van der Waals surface area contributed by atoms with Gasteiger partial charge in [0.1, 0.15) is 0 Å². The van der Waals surface area contributed by atoms with Crippen molar-refractivity contribution in [2.75, 3.05) is 6.61 Å². The van der Waals surface area contributed by atoms with E-state index < -0.39 is 97.4 Å². The molecule has 0 heterocycles. The largest absolute Gasteiger partial charge is 0.739 e. The quantitative estimate of drug-likeness (QED) is 0.109. The molecule has 0 amide bonds. The molecule has 0 saturated heterocycles. The van der Waals surface area contributed by atoms with Crippen LogP contribution in [0, 0.1) is 0 Å². The molecule has 6 nitrogen and oxygen atoms in total. The zero-order valence-electron chi connectivity index (χ0n) is 23.8. The predicted molar refractivity (Wildman–Crippen MR) is 231 cm³/mol. The molecule has 0 aromatic carbocycles. The van der Waals surface area contributed by atoms with Crippen LogP contribution in [0.2, 0.25) is 0 Å². The SMILES string of the molecule is CCCO[C](=O)[Al]([C](=O)OC1(Cl)C(Cl)(Cl)C(Cl)(Cl)C(Cl)(Cl)C(Cl)(Cl)C(Cl)(Cl)C1(Cl)Cl)[C](=O)OC1(Cl)C(Cl)(Cl)C(Cl)(Cl)C(Cl)(Cl)C(Cl)(Cl)C(Cl)(Cl)C1(Cl)Cl. The summed E-state index contributed by atoms with van der Waals surface area (Å²) in [5.41, 5.74) is 0. The maximum absolute atomic E-state index is 14.1. The molecule has 2 aliphatic carbocycles. The zero-order chi connectivity index (χ0) is 42.8. The van der Waals surface area contributed by atoms with Crippen molar-refractivity contribution < 1.29 is 28.6 Å². The van der Waals surface area contributed by atoms with Gasteiger partial charge in [0.25, 0.3) is 10.1 Å². The maximum atomic E-state index is 14.1. The van der Waals surface area contributed by atoms with E-state index in [0.29, 0.717) is 0 Å². The highest BCUT2D eigenvalue weighted by Crippen LogP contribution is 2.79. The van der Waals surface area contributed by atoms with Gasteiger partial charge in [-0.25, -0.2) is 0 Å². The first kappa shape index (κ1) is 55.6. The third-order valence-electron chi connectivity index (χ3n) is 7.20. The summed E-state index contributed by atoms with van der Waals surface area (Å²) >= 11 is 162. The first-order valence-corrected chi connectivity index (χ1v) is 24.0. The second kappa shape index (κ2) is 16.7. The summed E-state index contributed by atoms with van der Waals surface area (Å²) in [5.74, 6) is 0. The van der Waals surface area contributed by atoms with Crippen molar-refractivity contribution in [2.45, 2.75) is 75.5 Å². The summed E-state index contributed by atoms with van der Waals surface area (Å²) in [6.07, 6.45) is 0.0832. The molecule has 2 rings (SSSR count). The van der Waals surface area contributed by atoms with Gasteiger partial charge in [-0.2, -0.15) is 0 Å². The lowest BCUT2D eigenvalue weighted by Gasteiger charge is -2.49. The second-order valence-corrected chi connectivity index (χ2v) is 29.8. The third-order valence-corrected chi connectivity index (χ3v) is 28.4. The van der Waals surface area contributed by atoms with E-state index in [1.165, 1.54) is 6.92 Å². The van der Waals surface area contributed by atoms with Crippen LogP contribution in [0.4, 0.5) is 14.4 Å². The van der Waals surface area contributed by atoms with Crippen LogP contribution in [0.1, 0.15) is 13.3 Å². The Morgan fingerprint density at radius 1 is 0.358 bits per heavy atom. The molecule has 0 radical (unpaired) electrons. The van der Waals surface area contributed by atoms with Gasteiger partial charge in [-0.15, -0.1) is 0 Å². The van der Waals surface area contributed by atoms with Crippen molar-refractivity contribution in [3.8, 4) is 0 Å². The van der Waals surface area contributed by atoms with Crippen molar-refractivity contribution in [3.63, 3.8) is 0 Å². The average Bonchev–Trinajstić information content (AvgIpc) is 2.98. The second-order valence-electron chi connectivity index (χ2n) is 10.5. The first-order valence-electron chi connectivity index (χ1n) is 12.4. The lowest BCUT2D eigenvalue weighted by molar-refractivity contribution is 0.0559. The van der Waals surface area contributed by atoms with Gasteiger partial charge in [0.05, 0.1) is 6.61 Å². The van der Waals surface area contributed by atoms with Gasteiger partial charge in [0.2, 0.25) is 31.8 Å². The summed E-state index contributed by atoms with van der Waals surface area (Å²) in [6.45, 7) is 1.03. The highest BCUT2D eigenvalue weighted by Gasteiger charge is 2.92. The minimum Gasteiger partial charge on any atom is -0.479 e. The van der Waals surface area contributed by atoms with Crippen molar-refractivity contribution in [3.05, 3.63) is 0 Å². The normalized spacial score (nSPS) is 29.3. The Kier molecular flexibility index (Phi) is 17.6. The number of hydrogen-bond acceptors (Lipinski definition) is 6. The average molecular weight is 1290 g/mol. The standard InChI is InChI=1S/2C8Cl13O2.C4H7O2.Al/c2*9-2(10)3(11,12)5(15,16)7(19,20)8(21,23-1-22)6(17,18)4(2,13)14;1-2-3-6-4-5;/h;;2-3H2,1H3;. The number of ether oxygens (including phenoxy) is 3. The fourth-order valence-corrected chi connectivity index (χ4v) is 15.7. The summed E-state index contributed by atoms with van der Waals surface area (Å²) in [7, 11) is 0. The first-order chi connectivity index (χ1) is 22.9. The van der Waals surface area contributed by atoms with E-state index >= 15 is 0 Å². The number of carbonyl (C=O) groups is 3. The van der Waals surface area contributed by atoms with Crippen molar-refractivity contribution in [1.82, 2.24) is 0 Å². The molecule has 0 aromatic heterocycles. The number of alkyl halides is 26. The molecule has 0 unspecified atom stereocenters. The Bertz CT molecular complexity index is 1330. The third kappa shape index (κ3) is 7.43. The molecule has 2 aliphatic rings. The molecule has 2 fully saturated rings. The van der Waals surface area contributed by atoms with Crippen LogP contribution in [0.15, 0.2) is 0 Å². The topological polar surface area (TPSA) is 78.9 Å². The Labute approximate surface area is 434 Å². The Morgan fingerprint density at radius 3 is 0.736 bits per heavy atom. The smallest absolute Gasteiger partial charge is 0.479 e. The molecular weight excluding hydrogens is 1280 g/mol. The number of rotatable bonds is 7. The van der Waals surface area contributed by atoms with E-state index in [0.717, 1.165) is 0 Å². The molecule has 53 heavy (non-hydrogen) atoms. The van der Waals surface area contributed by atoms with Crippen LogP contribution in [0.3, 0.4) is 0 Å². The van der Waals surface area contributed by atoms with Gasteiger partial charge < -0.3 is 14.2 Å². The molecule has 0 aromatic rings. The molecule has 33 heteroatoms. The molecular formula is C20H7AlCl26O6. The van der Waals surface area contributed by atoms with Crippen LogP contribution in [-0.2, 0) is 14.2 Å². The maximum Gasteiger partial charge on any atom is 0.739 e. The summed E-state index contributed by atoms with van der Waals surface area (Å²) in [6, 6.07) is 0. The Balaban J connectivity index is 2.97. The molecule has 2 saturated carbocycles. The predicted octanol–water partition coefficient (Wildman–Crippen LogP) is 16.0. The molecule has 308 valence electrons. The van der Waals surface area contributed by atoms with E-state index in [2.05, 4.69) is 0 Å². The van der Waals surface area contributed by atoms with Crippen molar-refractivity contribution >= 4 is 330 Å². The molecule has 0 atom stereocenters. The highest BCUT2D eigenvalue weighted by atomic mass is 35.6. The zero-order valence-corrected chi connectivity index (χ0v) is 44.6. The van der Waals surface area contributed by atoms with Crippen LogP contribution in [0.5, 0.6) is 0 Å². The molecule has 0 N–H and O–H groups in total. The van der Waals surface area contributed by atoms with Gasteiger partial charge in [-0.1, -0.05) is 309 Å². The van der Waals surface area contributed by atoms with E-state index in [9.17, 15) is 14.4 Å². The van der Waals surface area contributed by atoms with Gasteiger partial charge in [-0.3, -0.25) is 14.4 Å². The van der Waals surface area contributed by atoms with Crippen LogP contribution < -0.4 is 0 Å². The van der Waals surface area contributed by atoms with Crippen LogP contribution in [0.25, 0.3) is 0 Å². The highest BCUT2D eigenvalue weighted by molar-refractivity contribution is 7.26.